The van der Waals surface area contributed by atoms with Crippen molar-refractivity contribution in [2.24, 2.45) is 5.41 Å². The number of H-pyrrole nitrogens is 1. The molecule has 3 heterocycles. The van der Waals surface area contributed by atoms with Crippen molar-refractivity contribution in [3.05, 3.63) is 92.1 Å². The lowest BCUT2D eigenvalue weighted by Crippen LogP contribution is -2.37. The van der Waals surface area contributed by atoms with Gasteiger partial charge in [-0.1, -0.05) is 61.5 Å². The second-order valence-corrected chi connectivity index (χ2v) is 10.5. The van der Waals surface area contributed by atoms with Crippen LogP contribution in [0.2, 0.25) is 5.02 Å². The summed E-state index contributed by atoms with van der Waals surface area (Å²) in [6.07, 6.45) is 2.82. The highest BCUT2D eigenvalue weighted by atomic mass is 35.5. The Kier molecular flexibility index (Phi) is 5.62. The van der Waals surface area contributed by atoms with E-state index in [2.05, 4.69) is 29.1 Å². The molecule has 168 valence electrons. The van der Waals surface area contributed by atoms with E-state index in [0.29, 0.717) is 51.4 Å². The van der Waals surface area contributed by atoms with Crippen LogP contribution in [-0.2, 0) is 10.5 Å². The average Bonchev–Trinajstić information content (AvgIpc) is 2.77. The van der Waals surface area contributed by atoms with Crippen LogP contribution in [0.1, 0.15) is 49.4 Å². The van der Waals surface area contributed by atoms with Crippen molar-refractivity contribution in [1.29, 1.82) is 0 Å². The maximum atomic E-state index is 13.3. The lowest BCUT2D eigenvalue weighted by Gasteiger charge is -2.38. The van der Waals surface area contributed by atoms with Gasteiger partial charge in [0, 0.05) is 34.7 Å². The van der Waals surface area contributed by atoms with Gasteiger partial charge < -0.3 is 10.3 Å². The van der Waals surface area contributed by atoms with Crippen molar-refractivity contribution < 1.29 is 4.79 Å². The number of ketones is 1. The van der Waals surface area contributed by atoms with E-state index in [4.69, 9.17) is 16.6 Å². The minimum Gasteiger partial charge on any atom is -0.343 e. The van der Waals surface area contributed by atoms with Gasteiger partial charge in [-0.15, -0.1) is 0 Å². The molecule has 0 saturated heterocycles. The molecule has 1 atom stereocenters. The number of anilines is 1. The van der Waals surface area contributed by atoms with E-state index in [1.54, 1.807) is 6.20 Å². The summed E-state index contributed by atoms with van der Waals surface area (Å²) in [4.78, 5) is 38.7. The van der Waals surface area contributed by atoms with E-state index in [0.717, 1.165) is 11.3 Å². The molecule has 0 unspecified atom stereocenters. The fourth-order valence-corrected chi connectivity index (χ4v) is 5.71. The number of hydrogen-bond donors (Lipinski definition) is 2. The quantitative estimate of drug-likeness (QED) is 0.390. The number of nitrogens with one attached hydrogen (secondary N) is 2. The molecule has 0 bridgehead atoms. The molecule has 1 aromatic carbocycles. The number of pyridine rings is 1. The predicted octanol–water partition coefficient (Wildman–Crippen LogP) is 5.31. The number of thioether (sulfide) groups is 1. The van der Waals surface area contributed by atoms with Gasteiger partial charge in [0.05, 0.1) is 17.2 Å². The normalized spacial score (nSPS) is 19.0. The fraction of sp³-hybridized carbons (Fsp3) is 0.280. The number of Topliss-reactive ketones (excluding diaryl/α,β-unsaturated/α-hetero) is 1. The smallest absolute Gasteiger partial charge is 0.257 e. The number of benzene rings is 1. The van der Waals surface area contributed by atoms with Crippen molar-refractivity contribution >= 4 is 35.0 Å². The first-order valence-electron chi connectivity index (χ1n) is 10.8. The number of nitrogens with zero attached hydrogens (tertiary/aromatic N) is 2. The van der Waals surface area contributed by atoms with Gasteiger partial charge in [0.1, 0.15) is 5.82 Å². The summed E-state index contributed by atoms with van der Waals surface area (Å²) in [5, 5.41) is 4.51. The Bertz CT molecular complexity index is 1330. The topological polar surface area (TPSA) is 87.7 Å². The molecule has 0 amide bonds. The van der Waals surface area contributed by atoms with Crippen LogP contribution in [0, 0.1) is 5.41 Å². The molecule has 0 radical (unpaired) electrons. The Labute approximate surface area is 200 Å². The Morgan fingerprint density at radius 1 is 1.12 bits per heavy atom. The third-order valence-electron chi connectivity index (χ3n) is 6.01. The number of halogens is 1. The number of fused-ring (bicyclic) bond motifs is 1. The van der Waals surface area contributed by atoms with Gasteiger partial charge in [-0.05, 0) is 35.6 Å². The molecule has 6 nitrogen and oxygen atoms in total. The maximum absolute atomic E-state index is 13.3. The second-order valence-electron chi connectivity index (χ2n) is 9.16. The van der Waals surface area contributed by atoms with Crippen molar-refractivity contribution in [3.63, 3.8) is 0 Å². The largest absolute Gasteiger partial charge is 0.343 e. The molecule has 2 aliphatic rings. The predicted molar refractivity (Wildman–Crippen MR) is 131 cm³/mol. The fourth-order valence-electron chi connectivity index (χ4n) is 4.57. The molecular weight excluding hydrogens is 456 g/mol. The first kappa shape index (κ1) is 21.9. The van der Waals surface area contributed by atoms with Crippen LogP contribution in [0.4, 0.5) is 5.82 Å². The van der Waals surface area contributed by atoms with E-state index in [1.807, 2.05) is 42.5 Å². The van der Waals surface area contributed by atoms with E-state index in [1.165, 1.54) is 11.8 Å². The standard InChI is InChI=1S/C25H23ClN4O2S/c1-25(2)11-17-19(18(31)12-25)20(16-9-5-6-10-27-16)21-22(28-17)29-24(30-23(21)32)33-13-14-7-3-4-8-15(14)26/h3-10,20H,11-13H2,1-2H3,(H2,28,29,30,32)/t20-/m1/s1. The van der Waals surface area contributed by atoms with Crippen LogP contribution in [0.5, 0.6) is 0 Å². The first-order chi connectivity index (χ1) is 15.8. The third-order valence-corrected chi connectivity index (χ3v) is 7.30. The molecule has 1 aliphatic heterocycles. The summed E-state index contributed by atoms with van der Waals surface area (Å²) in [6.45, 7) is 4.16. The van der Waals surface area contributed by atoms with Gasteiger partial charge in [0.2, 0.25) is 0 Å². The Balaban J connectivity index is 1.58. The summed E-state index contributed by atoms with van der Waals surface area (Å²) >= 11 is 7.69. The SMILES string of the molecule is CC1(C)CC(=O)C2=C(C1)Nc1nc(SCc3ccccc3Cl)[nH]c(=O)c1[C@@H]2c1ccccn1. The first-order valence-corrected chi connectivity index (χ1v) is 12.1. The molecule has 8 heteroatoms. The molecule has 0 spiro atoms. The van der Waals surface area contributed by atoms with Gasteiger partial charge >= 0.3 is 0 Å². The molecule has 33 heavy (non-hydrogen) atoms. The highest BCUT2D eigenvalue weighted by molar-refractivity contribution is 7.98. The Morgan fingerprint density at radius 3 is 2.67 bits per heavy atom. The van der Waals surface area contributed by atoms with E-state index < -0.39 is 5.92 Å². The zero-order valence-electron chi connectivity index (χ0n) is 18.3. The summed E-state index contributed by atoms with van der Waals surface area (Å²) in [7, 11) is 0. The number of aromatic amines is 1. The van der Waals surface area contributed by atoms with Gasteiger partial charge in [0.25, 0.3) is 5.56 Å². The van der Waals surface area contributed by atoms with Crippen LogP contribution in [0.3, 0.4) is 0 Å². The molecule has 1 aliphatic carbocycles. The molecule has 2 aromatic heterocycles. The number of allylic oxidation sites excluding steroid dienone is 2. The summed E-state index contributed by atoms with van der Waals surface area (Å²) in [5.74, 6) is 0.566. The van der Waals surface area contributed by atoms with Gasteiger partial charge in [0.15, 0.2) is 10.9 Å². The lowest BCUT2D eigenvalue weighted by molar-refractivity contribution is -0.118. The summed E-state index contributed by atoms with van der Waals surface area (Å²) in [6, 6.07) is 13.2. The monoisotopic (exact) mass is 478 g/mol. The summed E-state index contributed by atoms with van der Waals surface area (Å²) in [5.41, 5.74) is 3.09. The van der Waals surface area contributed by atoms with E-state index >= 15 is 0 Å². The van der Waals surface area contributed by atoms with Crippen LogP contribution >= 0.6 is 23.4 Å². The van der Waals surface area contributed by atoms with Gasteiger partial charge in [-0.3, -0.25) is 14.6 Å². The highest BCUT2D eigenvalue weighted by Crippen LogP contribution is 2.47. The van der Waals surface area contributed by atoms with Crippen molar-refractivity contribution in [2.45, 2.75) is 43.5 Å². The zero-order chi connectivity index (χ0) is 23.2. The lowest BCUT2D eigenvalue weighted by atomic mass is 9.70. The van der Waals surface area contributed by atoms with Crippen LogP contribution in [-0.4, -0.2) is 20.7 Å². The van der Waals surface area contributed by atoms with Crippen molar-refractivity contribution in [1.82, 2.24) is 15.0 Å². The van der Waals surface area contributed by atoms with E-state index in [-0.39, 0.29) is 16.8 Å². The number of hydrogen-bond acceptors (Lipinski definition) is 6. The molecule has 0 saturated carbocycles. The second kappa shape index (κ2) is 8.47. The molecule has 0 fully saturated rings. The number of rotatable bonds is 4. The minimum absolute atomic E-state index is 0.0478. The van der Waals surface area contributed by atoms with Crippen molar-refractivity contribution in [2.75, 3.05) is 5.32 Å². The van der Waals surface area contributed by atoms with E-state index in [9.17, 15) is 9.59 Å². The molecular formula is C25H23ClN4O2S. The third kappa shape index (κ3) is 4.23. The van der Waals surface area contributed by atoms with Crippen LogP contribution in [0.25, 0.3) is 0 Å². The molecule has 2 N–H and O–H groups in total. The van der Waals surface area contributed by atoms with Gasteiger partial charge in [-0.2, -0.15) is 0 Å². The summed E-state index contributed by atoms with van der Waals surface area (Å²) < 4.78 is 0. The molecule has 3 aromatic rings. The van der Waals surface area contributed by atoms with Crippen LogP contribution < -0.4 is 10.9 Å². The number of carbonyl (C=O) groups excluding carboxylic acids is 1. The number of carbonyl (C=O) groups is 1. The van der Waals surface area contributed by atoms with Crippen LogP contribution in [0.15, 0.2) is 69.9 Å². The molecule has 5 rings (SSSR count). The number of aromatic nitrogens is 3. The zero-order valence-corrected chi connectivity index (χ0v) is 19.9. The van der Waals surface area contributed by atoms with Gasteiger partial charge in [-0.25, -0.2) is 4.98 Å². The Hall–Kier alpha value is -2.90. The highest BCUT2D eigenvalue weighted by Gasteiger charge is 2.42. The average molecular weight is 479 g/mol. The van der Waals surface area contributed by atoms with Crippen molar-refractivity contribution in [3.8, 4) is 0 Å². The Morgan fingerprint density at radius 2 is 1.91 bits per heavy atom. The maximum Gasteiger partial charge on any atom is 0.257 e. The minimum atomic E-state index is -0.542.